The van der Waals surface area contributed by atoms with Crippen molar-refractivity contribution >= 4 is 17.8 Å². The Bertz CT molecular complexity index is 457. The Morgan fingerprint density at radius 2 is 2.28 bits per heavy atom. The molecule has 98 valence electrons. The molecule has 0 atom stereocenters. The number of urea groups is 1. The van der Waals surface area contributed by atoms with Crippen molar-refractivity contribution in [3.8, 4) is 0 Å². The van der Waals surface area contributed by atoms with Gasteiger partial charge in [0.1, 0.15) is 0 Å². The molecule has 0 unspecified atom stereocenters. The first kappa shape index (κ1) is 13.3. The highest BCUT2D eigenvalue weighted by molar-refractivity contribution is 7.99. The topological polar surface area (TPSA) is 55.1 Å². The van der Waals surface area contributed by atoms with Crippen molar-refractivity contribution in [2.45, 2.75) is 37.0 Å². The van der Waals surface area contributed by atoms with Crippen LogP contribution >= 0.6 is 11.8 Å². The van der Waals surface area contributed by atoms with Crippen LogP contribution in [0.25, 0.3) is 0 Å². The van der Waals surface area contributed by atoms with Crippen LogP contribution in [-0.4, -0.2) is 18.3 Å². The molecule has 1 aliphatic heterocycles. The molecule has 3 nitrogen and oxygen atoms in total. The lowest BCUT2D eigenvalue weighted by Gasteiger charge is -2.27. The third-order valence-corrected chi connectivity index (χ3v) is 4.60. The monoisotopic (exact) mass is 264 g/mol. The summed E-state index contributed by atoms with van der Waals surface area (Å²) in [5.74, 6) is 1.22. The molecule has 0 radical (unpaired) electrons. The first-order valence-electron chi connectivity index (χ1n) is 6.28. The van der Waals surface area contributed by atoms with E-state index in [0.29, 0.717) is 6.54 Å². The number of nitrogens with two attached hydrogens (primary N) is 1. The Labute approximate surface area is 113 Å². The van der Waals surface area contributed by atoms with E-state index in [2.05, 4.69) is 37.4 Å². The van der Waals surface area contributed by atoms with Crippen LogP contribution in [0.5, 0.6) is 0 Å². The van der Waals surface area contributed by atoms with Crippen LogP contribution in [-0.2, 0) is 11.8 Å². The van der Waals surface area contributed by atoms with Crippen molar-refractivity contribution in [2.24, 2.45) is 5.73 Å². The van der Waals surface area contributed by atoms with Crippen molar-refractivity contribution < 1.29 is 4.79 Å². The number of carbonyl (C=O) groups excluding carboxylic acids is 1. The molecule has 0 saturated heterocycles. The molecule has 4 heteroatoms. The van der Waals surface area contributed by atoms with E-state index in [1.165, 1.54) is 28.2 Å². The van der Waals surface area contributed by atoms with E-state index in [1.807, 2.05) is 11.8 Å². The lowest BCUT2D eigenvalue weighted by molar-refractivity contribution is 0.246. The van der Waals surface area contributed by atoms with Gasteiger partial charge in [-0.15, -0.1) is 11.8 Å². The Balaban J connectivity index is 2.19. The number of fused-ring (bicyclic) bond motifs is 1. The molecule has 1 aliphatic rings. The second-order valence-electron chi connectivity index (χ2n) is 5.38. The normalized spacial score (nSPS) is 15.0. The molecule has 18 heavy (non-hydrogen) atoms. The zero-order valence-corrected chi connectivity index (χ0v) is 11.8. The fourth-order valence-electron chi connectivity index (χ4n) is 2.19. The smallest absolute Gasteiger partial charge is 0.312 e. The second kappa shape index (κ2) is 5.22. The Hall–Kier alpha value is -1.16. The number of benzene rings is 1. The number of hydrogen-bond acceptors (Lipinski definition) is 2. The highest BCUT2D eigenvalue weighted by atomic mass is 32.2. The maximum absolute atomic E-state index is 10.8. The number of aryl methyl sites for hydroxylation is 1. The molecule has 3 N–H and O–H groups in total. The highest BCUT2D eigenvalue weighted by Gasteiger charge is 2.22. The molecule has 0 bridgehead atoms. The summed E-state index contributed by atoms with van der Waals surface area (Å²) in [6.45, 7) is 4.82. The lowest BCUT2D eigenvalue weighted by atomic mass is 9.83. The maximum atomic E-state index is 10.8. The van der Waals surface area contributed by atoms with Gasteiger partial charge in [0.05, 0.1) is 0 Å². The number of carbonyl (C=O) groups is 1. The number of primary amides is 1. The third kappa shape index (κ3) is 2.99. The van der Waals surface area contributed by atoms with Crippen molar-refractivity contribution in [1.29, 1.82) is 0 Å². The van der Waals surface area contributed by atoms with Gasteiger partial charge >= 0.3 is 6.03 Å². The quantitative estimate of drug-likeness (QED) is 0.882. The SMILES string of the molecule is CC(C)(CNC(N)=O)c1ccc2c(c1)CCCS2. The summed E-state index contributed by atoms with van der Waals surface area (Å²) in [6, 6.07) is 6.20. The van der Waals surface area contributed by atoms with E-state index in [1.54, 1.807) is 0 Å². The molecule has 1 heterocycles. The van der Waals surface area contributed by atoms with Gasteiger partial charge in [0.2, 0.25) is 0 Å². The first-order chi connectivity index (χ1) is 8.49. The molecule has 1 aromatic rings. The van der Waals surface area contributed by atoms with Crippen LogP contribution < -0.4 is 11.1 Å². The minimum atomic E-state index is -0.461. The lowest BCUT2D eigenvalue weighted by Crippen LogP contribution is -2.39. The van der Waals surface area contributed by atoms with Gasteiger partial charge in [0.15, 0.2) is 0 Å². The van der Waals surface area contributed by atoms with Gasteiger partial charge in [-0.25, -0.2) is 4.79 Å². The molecular weight excluding hydrogens is 244 g/mol. The largest absolute Gasteiger partial charge is 0.352 e. The van der Waals surface area contributed by atoms with E-state index >= 15 is 0 Å². The number of rotatable bonds is 3. The van der Waals surface area contributed by atoms with Crippen molar-refractivity contribution in [3.63, 3.8) is 0 Å². The van der Waals surface area contributed by atoms with Crippen LogP contribution in [0.4, 0.5) is 4.79 Å². The summed E-state index contributed by atoms with van der Waals surface area (Å²) in [4.78, 5) is 12.2. The van der Waals surface area contributed by atoms with Crippen LogP contribution in [0.15, 0.2) is 23.1 Å². The van der Waals surface area contributed by atoms with Gasteiger partial charge in [0.25, 0.3) is 0 Å². The predicted molar refractivity (Wildman–Crippen MR) is 76.1 cm³/mol. The Morgan fingerprint density at radius 3 is 3.00 bits per heavy atom. The number of hydrogen-bond donors (Lipinski definition) is 2. The van der Waals surface area contributed by atoms with Gasteiger partial charge < -0.3 is 11.1 Å². The average Bonchev–Trinajstić information content (AvgIpc) is 2.36. The van der Waals surface area contributed by atoms with E-state index in [4.69, 9.17) is 5.73 Å². The highest BCUT2D eigenvalue weighted by Crippen LogP contribution is 2.33. The summed E-state index contributed by atoms with van der Waals surface area (Å²) >= 11 is 1.94. The number of amides is 2. The van der Waals surface area contributed by atoms with Gasteiger partial charge in [0, 0.05) is 16.9 Å². The average molecular weight is 264 g/mol. The molecule has 0 spiro atoms. The van der Waals surface area contributed by atoms with Crippen molar-refractivity contribution in [3.05, 3.63) is 29.3 Å². The molecular formula is C14H20N2OS. The van der Waals surface area contributed by atoms with Gasteiger partial charge in [-0.1, -0.05) is 26.0 Å². The van der Waals surface area contributed by atoms with E-state index in [0.717, 1.165) is 6.42 Å². The summed E-state index contributed by atoms with van der Waals surface area (Å²) in [5, 5.41) is 2.70. The summed E-state index contributed by atoms with van der Waals surface area (Å²) in [7, 11) is 0. The zero-order valence-electron chi connectivity index (χ0n) is 11.0. The molecule has 2 rings (SSSR count). The predicted octanol–water partition coefficient (Wildman–Crippen LogP) is 2.67. The standard InChI is InChI=1S/C14H20N2OS/c1-14(2,9-16-13(15)17)11-5-6-12-10(8-11)4-3-7-18-12/h5-6,8H,3-4,7,9H2,1-2H3,(H3,15,16,17). The zero-order chi connectivity index (χ0) is 13.2. The number of thioether (sulfide) groups is 1. The number of nitrogens with one attached hydrogen (secondary N) is 1. The van der Waals surface area contributed by atoms with Crippen LogP contribution in [0, 0.1) is 0 Å². The van der Waals surface area contributed by atoms with Gasteiger partial charge in [-0.05, 0) is 35.8 Å². The summed E-state index contributed by atoms with van der Waals surface area (Å²) in [6.07, 6.45) is 2.41. The molecule has 0 aliphatic carbocycles. The molecule has 0 aromatic heterocycles. The fraction of sp³-hybridized carbons (Fsp3) is 0.500. The van der Waals surface area contributed by atoms with Gasteiger partial charge in [-0.3, -0.25) is 0 Å². The summed E-state index contributed by atoms with van der Waals surface area (Å²) < 4.78 is 0. The Morgan fingerprint density at radius 1 is 1.50 bits per heavy atom. The fourth-order valence-corrected chi connectivity index (χ4v) is 3.21. The molecule has 0 saturated carbocycles. The third-order valence-electron chi connectivity index (χ3n) is 3.39. The minimum Gasteiger partial charge on any atom is -0.352 e. The minimum absolute atomic E-state index is 0.0911. The van der Waals surface area contributed by atoms with E-state index in [9.17, 15) is 4.79 Å². The summed E-state index contributed by atoms with van der Waals surface area (Å²) in [5.41, 5.74) is 7.75. The van der Waals surface area contributed by atoms with Crippen molar-refractivity contribution in [2.75, 3.05) is 12.3 Å². The second-order valence-corrected chi connectivity index (χ2v) is 6.51. The van der Waals surface area contributed by atoms with Gasteiger partial charge in [-0.2, -0.15) is 0 Å². The van der Waals surface area contributed by atoms with E-state index < -0.39 is 6.03 Å². The van der Waals surface area contributed by atoms with Crippen LogP contribution in [0.3, 0.4) is 0 Å². The maximum Gasteiger partial charge on any atom is 0.312 e. The van der Waals surface area contributed by atoms with Crippen molar-refractivity contribution in [1.82, 2.24) is 5.32 Å². The van der Waals surface area contributed by atoms with E-state index in [-0.39, 0.29) is 5.41 Å². The Kier molecular flexibility index (Phi) is 3.85. The molecule has 0 fully saturated rings. The molecule has 1 aromatic carbocycles. The van der Waals surface area contributed by atoms with Crippen LogP contribution in [0.1, 0.15) is 31.4 Å². The molecule has 2 amide bonds. The first-order valence-corrected chi connectivity index (χ1v) is 7.27. The van der Waals surface area contributed by atoms with Crippen LogP contribution in [0.2, 0.25) is 0 Å².